The highest BCUT2D eigenvalue weighted by Crippen LogP contribution is 2.32. The van der Waals surface area contributed by atoms with E-state index in [0.29, 0.717) is 28.5 Å². The molecule has 0 radical (unpaired) electrons. The van der Waals surface area contributed by atoms with E-state index in [1.807, 2.05) is 6.07 Å². The monoisotopic (exact) mass is 506 g/mol. The lowest BCUT2D eigenvalue weighted by molar-refractivity contribution is -0.137. The number of benzene rings is 3. The zero-order valence-corrected chi connectivity index (χ0v) is 20.2. The van der Waals surface area contributed by atoms with Crippen molar-refractivity contribution in [2.24, 2.45) is 4.99 Å². The number of nitrogens with one attached hydrogen (secondary N) is 3. The molecule has 1 aliphatic heterocycles. The van der Waals surface area contributed by atoms with Crippen molar-refractivity contribution < 1.29 is 23.1 Å². The molecule has 3 aromatic rings. The molecular formula is C26H26N4O5S. The Morgan fingerprint density at radius 2 is 1.72 bits per heavy atom. The number of aliphatic carboxylic acids is 1. The maximum atomic E-state index is 13.3. The Bertz CT molecular complexity index is 1370. The van der Waals surface area contributed by atoms with E-state index in [1.54, 1.807) is 48.5 Å². The molecule has 0 spiro atoms. The van der Waals surface area contributed by atoms with E-state index < -0.39 is 27.5 Å². The number of anilines is 2. The van der Waals surface area contributed by atoms with Gasteiger partial charge in [0.1, 0.15) is 5.25 Å². The summed E-state index contributed by atoms with van der Waals surface area (Å²) in [6.07, 6.45) is 0.414. The Hall–Kier alpha value is -4.18. The number of hydrogen-bond acceptors (Lipinski definition) is 7. The van der Waals surface area contributed by atoms with Crippen molar-refractivity contribution in [2.45, 2.75) is 23.0 Å². The van der Waals surface area contributed by atoms with Gasteiger partial charge in [-0.3, -0.25) is 14.6 Å². The molecule has 1 amide bonds. The molecule has 1 heterocycles. The van der Waals surface area contributed by atoms with Crippen LogP contribution in [0.4, 0.5) is 11.4 Å². The highest BCUT2D eigenvalue weighted by atomic mass is 32.2. The molecule has 1 aliphatic rings. The smallest absolute Gasteiger partial charge is 0.305 e. The highest BCUT2D eigenvalue weighted by molar-refractivity contribution is 7.91. The van der Waals surface area contributed by atoms with Crippen LogP contribution in [0, 0.1) is 0 Å². The lowest BCUT2D eigenvalue weighted by atomic mass is 10.1. The number of aliphatic imine (C=N–C) groups is 1. The minimum Gasteiger partial charge on any atom is -0.481 e. The predicted octanol–water partition coefficient (Wildman–Crippen LogP) is 3.69. The van der Waals surface area contributed by atoms with Crippen LogP contribution in [-0.2, 0) is 14.6 Å². The SMILES string of the molecule is O=C(O)CC(c1ccccc1)S(=O)(=O)c1ccc(NC(=O)c2cccc(NC3=NCCCN3)c2)cc1. The van der Waals surface area contributed by atoms with Crippen LogP contribution in [0.25, 0.3) is 0 Å². The first-order chi connectivity index (χ1) is 17.3. The number of carboxylic acid groups (broad SMARTS) is 1. The third-order valence-electron chi connectivity index (χ3n) is 5.63. The van der Waals surface area contributed by atoms with E-state index in [1.165, 1.54) is 24.3 Å². The second kappa shape index (κ2) is 11.0. The molecule has 4 rings (SSSR count). The average Bonchev–Trinajstić information content (AvgIpc) is 2.89. The molecule has 186 valence electrons. The molecule has 1 atom stereocenters. The van der Waals surface area contributed by atoms with Crippen LogP contribution in [0.5, 0.6) is 0 Å². The molecule has 9 nitrogen and oxygen atoms in total. The van der Waals surface area contributed by atoms with Crippen LogP contribution < -0.4 is 16.0 Å². The standard InChI is InChI=1S/C26H26N4O5S/c31-24(32)17-23(18-6-2-1-3-7-18)36(34,35)22-12-10-20(11-13-22)29-25(33)19-8-4-9-21(16-19)30-26-27-14-5-15-28-26/h1-4,6-13,16,23H,5,14-15,17H2,(H,29,33)(H,31,32)(H2,27,28,30). The second-order valence-electron chi connectivity index (χ2n) is 8.24. The van der Waals surface area contributed by atoms with Gasteiger partial charge >= 0.3 is 5.97 Å². The summed E-state index contributed by atoms with van der Waals surface area (Å²) in [5.41, 5.74) is 1.94. The van der Waals surface area contributed by atoms with Crippen LogP contribution >= 0.6 is 0 Å². The van der Waals surface area contributed by atoms with E-state index in [2.05, 4.69) is 20.9 Å². The van der Waals surface area contributed by atoms with E-state index in [-0.39, 0.29) is 10.8 Å². The number of guanidine groups is 1. The summed E-state index contributed by atoms with van der Waals surface area (Å²) >= 11 is 0. The van der Waals surface area contributed by atoms with Gasteiger partial charge in [0.2, 0.25) is 0 Å². The minimum absolute atomic E-state index is 0.0254. The van der Waals surface area contributed by atoms with Crippen molar-refractivity contribution >= 4 is 39.0 Å². The van der Waals surface area contributed by atoms with Gasteiger partial charge in [-0.1, -0.05) is 36.4 Å². The molecule has 0 aliphatic carbocycles. The maximum absolute atomic E-state index is 13.3. The summed E-state index contributed by atoms with van der Waals surface area (Å²) in [7, 11) is -3.99. The summed E-state index contributed by atoms with van der Waals surface area (Å²) < 4.78 is 26.5. The van der Waals surface area contributed by atoms with Crippen LogP contribution in [0.15, 0.2) is 88.8 Å². The fourth-order valence-corrected chi connectivity index (χ4v) is 5.54. The Balaban J connectivity index is 1.48. The number of sulfone groups is 1. The Kier molecular flexibility index (Phi) is 7.65. The van der Waals surface area contributed by atoms with E-state index in [9.17, 15) is 23.1 Å². The van der Waals surface area contributed by atoms with Gasteiger partial charge in [0.25, 0.3) is 5.91 Å². The molecule has 0 fully saturated rings. The number of rotatable bonds is 8. The summed E-state index contributed by atoms with van der Waals surface area (Å²) in [5.74, 6) is -0.910. The van der Waals surface area contributed by atoms with Crippen LogP contribution in [0.1, 0.15) is 34.0 Å². The zero-order chi connectivity index (χ0) is 25.5. The third kappa shape index (κ3) is 6.08. The quantitative estimate of drug-likeness (QED) is 0.366. The molecule has 10 heteroatoms. The summed E-state index contributed by atoms with van der Waals surface area (Å²) in [6, 6.07) is 20.9. The van der Waals surface area contributed by atoms with Gasteiger partial charge in [0, 0.05) is 30.0 Å². The molecule has 1 unspecified atom stereocenters. The maximum Gasteiger partial charge on any atom is 0.305 e. The fraction of sp³-hybridized carbons (Fsp3) is 0.192. The van der Waals surface area contributed by atoms with E-state index >= 15 is 0 Å². The molecule has 0 saturated heterocycles. The lowest BCUT2D eigenvalue weighted by Gasteiger charge is -2.17. The number of nitrogens with zero attached hydrogens (tertiary/aromatic N) is 1. The molecule has 4 N–H and O–H groups in total. The minimum atomic E-state index is -3.99. The fourth-order valence-electron chi connectivity index (χ4n) is 3.82. The van der Waals surface area contributed by atoms with Gasteiger partial charge in [-0.05, 0) is 54.4 Å². The van der Waals surface area contributed by atoms with Crippen molar-refractivity contribution in [3.63, 3.8) is 0 Å². The largest absolute Gasteiger partial charge is 0.481 e. The van der Waals surface area contributed by atoms with Crippen molar-refractivity contribution in [2.75, 3.05) is 23.7 Å². The van der Waals surface area contributed by atoms with Crippen molar-refractivity contribution in [3.05, 3.63) is 90.0 Å². The average molecular weight is 507 g/mol. The number of hydrogen-bond donors (Lipinski definition) is 4. The number of carboxylic acids is 1. The molecule has 36 heavy (non-hydrogen) atoms. The van der Waals surface area contributed by atoms with Gasteiger partial charge in [0.05, 0.1) is 11.3 Å². The normalized spacial score (nSPS) is 14.2. The zero-order valence-electron chi connectivity index (χ0n) is 19.3. The second-order valence-corrected chi connectivity index (χ2v) is 10.4. The molecule has 0 saturated carbocycles. The number of carbonyl (C=O) groups is 2. The number of carbonyl (C=O) groups excluding carboxylic acids is 1. The van der Waals surface area contributed by atoms with Gasteiger partial charge in [-0.25, -0.2) is 8.42 Å². The molecular weight excluding hydrogens is 480 g/mol. The van der Waals surface area contributed by atoms with Crippen LogP contribution in [0.2, 0.25) is 0 Å². The first-order valence-corrected chi connectivity index (χ1v) is 12.9. The first kappa shape index (κ1) is 24.9. The highest BCUT2D eigenvalue weighted by Gasteiger charge is 2.31. The number of amides is 1. The molecule has 0 aromatic heterocycles. The summed E-state index contributed by atoms with van der Waals surface area (Å²) in [4.78, 5) is 28.5. The first-order valence-electron chi connectivity index (χ1n) is 11.4. The van der Waals surface area contributed by atoms with Gasteiger partial charge in [-0.15, -0.1) is 0 Å². The Morgan fingerprint density at radius 3 is 2.39 bits per heavy atom. The summed E-state index contributed by atoms with van der Waals surface area (Å²) in [6.45, 7) is 1.57. The van der Waals surface area contributed by atoms with Crippen LogP contribution in [-0.4, -0.2) is 44.4 Å². The van der Waals surface area contributed by atoms with Gasteiger partial charge in [0.15, 0.2) is 15.8 Å². The lowest BCUT2D eigenvalue weighted by Crippen LogP contribution is -2.35. The topological polar surface area (TPSA) is 137 Å². The van der Waals surface area contributed by atoms with Gasteiger partial charge < -0.3 is 21.1 Å². The van der Waals surface area contributed by atoms with E-state index in [4.69, 9.17) is 0 Å². The Morgan fingerprint density at radius 1 is 0.972 bits per heavy atom. The van der Waals surface area contributed by atoms with Crippen molar-refractivity contribution in [3.8, 4) is 0 Å². The third-order valence-corrected chi connectivity index (χ3v) is 7.75. The van der Waals surface area contributed by atoms with E-state index in [0.717, 1.165) is 19.5 Å². The molecule has 0 bridgehead atoms. The molecule has 3 aromatic carbocycles. The Labute approximate surface area is 209 Å². The van der Waals surface area contributed by atoms with Crippen molar-refractivity contribution in [1.82, 2.24) is 5.32 Å². The van der Waals surface area contributed by atoms with Gasteiger partial charge in [-0.2, -0.15) is 0 Å². The predicted molar refractivity (Wildman–Crippen MR) is 138 cm³/mol. The van der Waals surface area contributed by atoms with Crippen molar-refractivity contribution in [1.29, 1.82) is 0 Å². The summed E-state index contributed by atoms with van der Waals surface area (Å²) in [5, 5.41) is 17.1. The van der Waals surface area contributed by atoms with Crippen LogP contribution in [0.3, 0.4) is 0 Å².